The molecule has 2 heteroatoms. The third-order valence-electron chi connectivity index (χ3n) is 4.79. The van der Waals surface area contributed by atoms with E-state index in [4.69, 9.17) is 4.74 Å². The van der Waals surface area contributed by atoms with Gasteiger partial charge in [-0.05, 0) is 63.5 Å². The maximum atomic E-state index is 6.03. The van der Waals surface area contributed by atoms with E-state index in [0.29, 0.717) is 6.04 Å². The first-order chi connectivity index (χ1) is 9.69. The average Bonchev–Trinajstić information content (AvgIpc) is 3.03. The molecular formula is C18H27NO. The summed E-state index contributed by atoms with van der Waals surface area (Å²) in [6.07, 6.45) is 4.52. The normalized spacial score (nSPS) is 29.3. The fraction of sp³-hybridized carbons (Fsp3) is 0.667. The van der Waals surface area contributed by atoms with Crippen molar-refractivity contribution in [2.75, 3.05) is 6.54 Å². The SMILES string of the molecule is CCNC(c1ccccc1OC(C)C)C1CC2CC2C1. The van der Waals surface area contributed by atoms with Crippen LogP contribution < -0.4 is 10.1 Å². The molecule has 0 aromatic heterocycles. The van der Waals surface area contributed by atoms with E-state index < -0.39 is 0 Å². The first-order valence-electron chi connectivity index (χ1n) is 8.18. The lowest BCUT2D eigenvalue weighted by Gasteiger charge is -2.28. The van der Waals surface area contributed by atoms with Crippen molar-refractivity contribution >= 4 is 0 Å². The summed E-state index contributed by atoms with van der Waals surface area (Å²) >= 11 is 0. The fourth-order valence-corrected chi connectivity index (χ4v) is 3.88. The Hall–Kier alpha value is -1.02. The van der Waals surface area contributed by atoms with Gasteiger partial charge in [0.15, 0.2) is 0 Å². The second kappa shape index (κ2) is 5.77. The molecule has 3 rings (SSSR count). The predicted molar refractivity (Wildman–Crippen MR) is 82.9 cm³/mol. The van der Waals surface area contributed by atoms with Gasteiger partial charge >= 0.3 is 0 Å². The van der Waals surface area contributed by atoms with Crippen LogP contribution in [0.25, 0.3) is 0 Å². The zero-order chi connectivity index (χ0) is 14.1. The molecule has 110 valence electrons. The average molecular weight is 273 g/mol. The van der Waals surface area contributed by atoms with Crippen LogP contribution >= 0.6 is 0 Å². The first kappa shape index (κ1) is 13.9. The highest BCUT2D eigenvalue weighted by Gasteiger charge is 2.48. The Labute approximate surface area is 122 Å². The molecule has 1 aromatic carbocycles. The highest BCUT2D eigenvalue weighted by Crippen LogP contribution is 2.57. The number of hydrogen-bond acceptors (Lipinski definition) is 2. The van der Waals surface area contributed by atoms with Crippen LogP contribution in [0.1, 0.15) is 51.6 Å². The van der Waals surface area contributed by atoms with E-state index in [1.54, 1.807) is 0 Å². The summed E-state index contributed by atoms with van der Waals surface area (Å²) in [6, 6.07) is 9.05. The van der Waals surface area contributed by atoms with E-state index in [1.807, 2.05) is 0 Å². The molecule has 0 aliphatic heterocycles. The van der Waals surface area contributed by atoms with Gasteiger partial charge in [0.05, 0.1) is 6.10 Å². The number of benzene rings is 1. The van der Waals surface area contributed by atoms with Crippen LogP contribution in [0.2, 0.25) is 0 Å². The zero-order valence-corrected chi connectivity index (χ0v) is 12.9. The van der Waals surface area contributed by atoms with Crippen molar-refractivity contribution < 1.29 is 4.74 Å². The molecule has 2 saturated carbocycles. The molecule has 0 amide bonds. The minimum atomic E-state index is 0.232. The highest BCUT2D eigenvalue weighted by atomic mass is 16.5. The van der Waals surface area contributed by atoms with Gasteiger partial charge in [0.1, 0.15) is 5.75 Å². The van der Waals surface area contributed by atoms with Gasteiger partial charge in [0, 0.05) is 11.6 Å². The standard InChI is InChI=1S/C18H27NO/c1-4-19-18(15-10-13-9-14(13)11-15)16-7-5-6-8-17(16)20-12(2)3/h5-8,12-15,18-19H,4,9-11H2,1-3H3. The summed E-state index contributed by atoms with van der Waals surface area (Å²) in [6.45, 7) is 7.43. The Morgan fingerprint density at radius 3 is 2.50 bits per heavy atom. The second-order valence-corrected chi connectivity index (χ2v) is 6.73. The molecule has 1 aromatic rings. The Balaban J connectivity index is 1.82. The van der Waals surface area contributed by atoms with Gasteiger partial charge in [0.2, 0.25) is 0 Å². The molecule has 0 bridgehead atoms. The van der Waals surface area contributed by atoms with Crippen molar-refractivity contribution in [1.82, 2.24) is 5.32 Å². The molecule has 20 heavy (non-hydrogen) atoms. The van der Waals surface area contributed by atoms with Gasteiger partial charge in [-0.3, -0.25) is 0 Å². The zero-order valence-electron chi connectivity index (χ0n) is 12.9. The van der Waals surface area contributed by atoms with Crippen LogP contribution in [-0.2, 0) is 0 Å². The van der Waals surface area contributed by atoms with E-state index in [0.717, 1.165) is 30.0 Å². The number of fused-ring (bicyclic) bond motifs is 1. The summed E-state index contributed by atoms with van der Waals surface area (Å²) in [4.78, 5) is 0. The van der Waals surface area contributed by atoms with Crippen molar-refractivity contribution in [3.8, 4) is 5.75 Å². The summed E-state index contributed by atoms with van der Waals surface area (Å²) < 4.78 is 6.03. The van der Waals surface area contributed by atoms with Gasteiger partial charge in [0.25, 0.3) is 0 Å². The number of hydrogen-bond donors (Lipinski definition) is 1. The number of nitrogens with one attached hydrogen (secondary N) is 1. The van der Waals surface area contributed by atoms with Crippen molar-refractivity contribution in [2.24, 2.45) is 17.8 Å². The summed E-state index contributed by atoms with van der Waals surface area (Å²) in [5.41, 5.74) is 1.36. The highest BCUT2D eigenvalue weighted by molar-refractivity contribution is 5.37. The number of ether oxygens (including phenoxy) is 1. The Morgan fingerprint density at radius 1 is 1.15 bits per heavy atom. The van der Waals surface area contributed by atoms with Crippen LogP contribution in [-0.4, -0.2) is 12.6 Å². The molecule has 3 atom stereocenters. The summed E-state index contributed by atoms with van der Waals surface area (Å²) in [7, 11) is 0. The van der Waals surface area contributed by atoms with Crippen molar-refractivity contribution in [2.45, 2.75) is 52.2 Å². The van der Waals surface area contributed by atoms with E-state index >= 15 is 0 Å². The molecule has 0 heterocycles. The Morgan fingerprint density at radius 2 is 1.85 bits per heavy atom. The van der Waals surface area contributed by atoms with Crippen molar-refractivity contribution in [3.63, 3.8) is 0 Å². The maximum absolute atomic E-state index is 6.03. The smallest absolute Gasteiger partial charge is 0.124 e. The van der Waals surface area contributed by atoms with Gasteiger partial charge in [-0.15, -0.1) is 0 Å². The van der Waals surface area contributed by atoms with Gasteiger partial charge in [-0.2, -0.15) is 0 Å². The lowest BCUT2D eigenvalue weighted by atomic mass is 9.88. The van der Waals surface area contributed by atoms with Gasteiger partial charge in [-0.25, -0.2) is 0 Å². The largest absolute Gasteiger partial charge is 0.491 e. The molecule has 3 unspecified atom stereocenters. The monoisotopic (exact) mass is 273 g/mol. The molecular weight excluding hydrogens is 246 g/mol. The van der Waals surface area contributed by atoms with Crippen LogP contribution in [0.15, 0.2) is 24.3 Å². The molecule has 2 aliphatic carbocycles. The Bertz CT molecular complexity index is 446. The predicted octanol–water partition coefficient (Wildman–Crippen LogP) is 4.17. The lowest BCUT2D eigenvalue weighted by molar-refractivity contribution is 0.232. The third-order valence-corrected chi connectivity index (χ3v) is 4.79. The number of rotatable bonds is 6. The van der Waals surface area contributed by atoms with Crippen molar-refractivity contribution in [1.29, 1.82) is 0 Å². The Kier molecular flexibility index (Phi) is 4.02. The molecule has 2 fully saturated rings. The van der Waals surface area contributed by atoms with E-state index in [9.17, 15) is 0 Å². The van der Waals surface area contributed by atoms with Crippen LogP contribution in [0.4, 0.5) is 0 Å². The topological polar surface area (TPSA) is 21.3 Å². The first-order valence-corrected chi connectivity index (χ1v) is 8.18. The molecule has 2 aliphatic rings. The molecule has 2 nitrogen and oxygen atoms in total. The summed E-state index contributed by atoms with van der Waals surface area (Å²) in [5.74, 6) is 3.91. The van der Waals surface area contributed by atoms with E-state index in [1.165, 1.54) is 24.8 Å². The van der Waals surface area contributed by atoms with E-state index in [-0.39, 0.29) is 6.10 Å². The second-order valence-electron chi connectivity index (χ2n) is 6.73. The van der Waals surface area contributed by atoms with Gasteiger partial charge < -0.3 is 10.1 Å². The lowest BCUT2D eigenvalue weighted by Crippen LogP contribution is -2.28. The van der Waals surface area contributed by atoms with Crippen LogP contribution in [0, 0.1) is 17.8 Å². The minimum absolute atomic E-state index is 0.232. The fourth-order valence-electron chi connectivity index (χ4n) is 3.88. The van der Waals surface area contributed by atoms with Crippen LogP contribution in [0.3, 0.4) is 0 Å². The van der Waals surface area contributed by atoms with Crippen LogP contribution in [0.5, 0.6) is 5.75 Å². The quantitative estimate of drug-likeness (QED) is 0.840. The third kappa shape index (κ3) is 2.85. The minimum Gasteiger partial charge on any atom is -0.491 e. The molecule has 1 N–H and O–H groups in total. The van der Waals surface area contributed by atoms with Crippen molar-refractivity contribution in [3.05, 3.63) is 29.8 Å². The molecule has 0 saturated heterocycles. The number of para-hydroxylation sites is 1. The van der Waals surface area contributed by atoms with E-state index in [2.05, 4.69) is 50.4 Å². The maximum Gasteiger partial charge on any atom is 0.124 e. The molecule has 0 radical (unpaired) electrons. The molecule has 0 spiro atoms. The van der Waals surface area contributed by atoms with Gasteiger partial charge in [-0.1, -0.05) is 25.1 Å². The summed E-state index contributed by atoms with van der Waals surface area (Å²) in [5, 5.41) is 3.72.